The number of nitrogens with zero attached hydrogens (tertiary/aromatic N) is 2. The average molecular weight is 374 g/mol. The van der Waals surface area contributed by atoms with Gasteiger partial charge in [0.1, 0.15) is 5.01 Å². The van der Waals surface area contributed by atoms with Crippen LogP contribution in [0.1, 0.15) is 15.9 Å². The number of aromatic nitrogens is 2. The van der Waals surface area contributed by atoms with Crippen LogP contribution in [0.4, 0.5) is 5.13 Å². The summed E-state index contributed by atoms with van der Waals surface area (Å²) in [5, 5.41) is 12.2. The summed E-state index contributed by atoms with van der Waals surface area (Å²) in [5.74, 6) is -0.195. The number of rotatable bonds is 3. The van der Waals surface area contributed by atoms with Crippen molar-refractivity contribution >= 4 is 38.3 Å². The number of amides is 1. The molecule has 0 fully saturated rings. The van der Waals surface area contributed by atoms with E-state index in [1.807, 2.05) is 43.3 Å². The van der Waals surface area contributed by atoms with Crippen LogP contribution in [0.2, 0.25) is 0 Å². The summed E-state index contributed by atoms with van der Waals surface area (Å²) >= 11 is 4.70. The minimum Gasteiger partial charge on any atom is -0.296 e. The van der Waals surface area contributed by atoms with E-state index in [1.54, 1.807) is 12.1 Å². The quantitative estimate of drug-likeness (QED) is 0.733. The molecule has 2 aromatic carbocycles. The molecule has 0 spiro atoms. The Hall–Kier alpha value is -2.05. The second kappa shape index (κ2) is 6.37. The molecule has 0 radical (unpaired) electrons. The van der Waals surface area contributed by atoms with E-state index in [0.29, 0.717) is 10.7 Å². The van der Waals surface area contributed by atoms with Gasteiger partial charge in [0.15, 0.2) is 0 Å². The van der Waals surface area contributed by atoms with Gasteiger partial charge in [-0.25, -0.2) is 0 Å². The van der Waals surface area contributed by atoms with Crippen molar-refractivity contribution in [2.24, 2.45) is 0 Å². The molecule has 0 unspecified atom stereocenters. The van der Waals surface area contributed by atoms with E-state index in [0.717, 1.165) is 20.6 Å². The summed E-state index contributed by atoms with van der Waals surface area (Å²) < 4.78 is 0.932. The van der Waals surface area contributed by atoms with Crippen molar-refractivity contribution in [1.29, 1.82) is 0 Å². The maximum absolute atomic E-state index is 12.1. The number of anilines is 1. The number of aryl methyl sites for hydroxylation is 1. The molecule has 1 aromatic heterocycles. The van der Waals surface area contributed by atoms with Crippen LogP contribution in [0, 0.1) is 6.92 Å². The summed E-state index contributed by atoms with van der Waals surface area (Å²) in [6.45, 7) is 2.03. The fourth-order valence-electron chi connectivity index (χ4n) is 1.94. The van der Waals surface area contributed by atoms with Crippen molar-refractivity contribution < 1.29 is 4.79 Å². The molecular weight excluding hydrogens is 362 g/mol. The van der Waals surface area contributed by atoms with Crippen LogP contribution in [0.15, 0.2) is 53.0 Å². The van der Waals surface area contributed by atoms with E-state index in [9.17, 15) is 4.79 Å². The normalized spacial score (nSPS) is 10.5. The van der Waals surface area contributed by atoms with Gasteiger partial charge in [0, 0.05) is 15.6 Å². The number of nitrogens with one attached hydrogen (secondary N) is 1. The highest BCUT2D eigenvalue weighted by molar-refractivity contribution is 9.10. The summed E-state index contributed by atoms with van der Waals surface area (Å²) in [4.78, 5) is 12.1. The highest BCUT2D eigenvalue weighted by atomic mass is 79.9. The number of benzene rings is 2. The molecule has 4 nitrogen and oxygen atoms in total. The van der Waals surface area contributed by atoms with Gasteiger partial charge in [0.2, 0.25) is 5.13 Å². The zero-order valence-electron chi connectivity index (χ0n) is 11.7. The van der Waals surface area contributed by atoms with E-state index in [2.05, 4.69) is 31.4 Å². The Bertz CT molecular complexity index is 814. The fourth-order valence-corrected chi connectivity index (χ4v) is 2.94. The highest BCUT2D eigenvalue weighted by Crippen LogP contribution is 2.27. The summed E-state index contributed by atoms with van der Waals surface area (Å²) in [6.07, 6.45) is 0. The number of hydrogen-bond donors (Lipinski definition) is 1. The van der Waals surface area contributed by atoms with Gasteiger partial charge in [0.25, 0.3) is 5.91 Å². The van der Waals surface area contributed by atoms with Crippen LogP contribution in [0.5, 0.6) is 0 Å². The van der Waals surface area contributed by atoms with Gasteiger partial charge in [-0.05, 0) is 37.3 Å². The average Bonchev–Trinajstić information content (AvgIpc) is 2.96. The molecular formula is C16H12BrN3OS. The Morgan fingerprint density at radius 2 is 1.91 bits per heavy atom. The molecule has 22 heavy (non-hydrogen) atoms. The maximum atomic E-state index is 12.1. The van der Waals surface area contributed by atoms with Crippen molar-refractivity contribution in [3.05, 3.63) is 64.1 Å². The molecule has 1 amide bonds. The minimum atomic E-state index is -0.195. The lowest BCUT2D eigenvalue weighted by molar-refractivity contribution is 0.102. The van der Waals surface area contributed by atoms with Crippen molar-refractivity contribution in [3.63, 3.8) is 0 Å². The monoisotopic (exact) mass is 373 g/mol. The van der Waals surface area contributed by atoms with Crippen molar-refractivity contribution in [1.82, 2.24) is 10.2 Å². The van der Waals surface area contributed by atoms with Gasteiger partial charge < -0.3 is 0 Å². The second-order valence-electron chi connectivity index (χ2n) is 4.74. The summed E-state index contributed by atoms with van der Waals surface area (Å²) in [5.41, 5.74) is 2.74. The van der Waals surface area contributed by atoms with E-state index in [1.165, 1.54) is 11.3 Å². The van der Waals surface area contributed by atoms with E-state index < -0.39 is 0 Å². The van der Waals surface area contributed by atoms with Crippen LogP contribution >= 0.6 is 27.3 Å². The van der Waals surface area contributed by atoms with Crippen LogP contribution in [0.3, 0.4) is 0 Å². The summed E-state index contributed by atoms with van der Waals surface area (Å²) in [6, 6.07) is 15.2. The molecule has 0 saturated heterocycles. The van der Waals surface area contributed by atoms with E-state index >= 15 is 0 Å². The molecule has 0 atom stereocenters. The van der Waals surface area contributed by atoms with Crippen LogP contribution < -0.4 is 5.32 Å². The van der Waals surface area contributed by atoms with Crippen LogP contribution in [-0.2, 0) is 0 Å². The van der Waals surface area contributed by atoms with Crippen molar-refractivity contribution in [2.45, 2.75) is 6.92 Å². The third-order valence-corrected chi connectivity index (χ3v) is 4.43. The SMILES string of the molecule is Cc1cccc(-c2nnc(NC(=O)c3ccc(Br)cc3)s2)c1. The number of carbonyl (C=O) groups excluding carboxylic acids is 1. The molecule has 110 valence electrons. The zero-order valence-corrected chi connectivity index (χ0v) is 14.1. The number of halogens is 1. The smallest absolute Gasteiger partial charge is 0.257 e. The molecule has 0 aliphatic rings. The van der Waals surface area contributed by atoms with Gasteiger partial charge in [-0.1, -0.05) is 51.0 Å². The van der Waals surface area contributed by atoms with E-state index in [-0.39, 0.29) is 5.91 Å². The van der Waals surface area contributed by atoms with Crippen LogP contribution in [-0.4, -0.2) is 16.1 Å². The lowest BCUT2D eigenvalue weighted by Gasteiger charge is -2.00. The highest BCUT2D eigenvalue weighted by Gasteiger charge is 2.11. The minimum absolute atomic E-state index is 0.195. The molecule has 3 rings (SSSR count). The molecule has 0 aliphatic carbocycles. The first-order valence-corrected chi connectivity index (χ1v) is 8.20. The molecule has 6 heteroatoms. The lowest BCUT2D eigenvalue weighted by Crippen LogP contribution is -2.11. The third kappa shape index (κ3) is 3.40. The van der Waals surface area contributed by atoms with Crippen molar-refractivity contribution in [2.75, 3.05) is 5.32 Å². The molecule has 0 saturated carbocycles. The van der Waals surface area contributed by atoms with Gasteiger partial charge in [-0.3, -0.25) is 10.1 Å². The molecule has 3 aromatic rings. The van der Waals surface area contributed by atoms with Gasteiger partial charge in [0.05, 0.1) is 0 Å². The first-order chi connectivity index (χ1) is 10.6. The fraction of sp³-hybridized carbons (Fsp3) is 0.0625. The number of hydrogen-bond acceptors (Lipinski definition) is 4. The molecule has 0 bridgehead atoms. The third-order valence-electron chi connectivity index (χ3n) is 3.02. The molecule has 1 heterocycles. The first-order valence-electron chi connectivity index (χ1n) is 6.59. The Morgan fingerprint density at radius 3 is 2.64 bits per heavy atom. The Morgan fingerprint density at radius 1 is 1.14 bits per heavy atom. The summed E-state index contributed by atoms with van der Waals surface area (Å²) in [7, 11) is 0. The predicted octanol–water partition coefficient (Wildman–Crippen LogP) is 4.53. The zero-order chi connectivity index (χ0) is 15.5. The van der Waals surface area contributed by atoms with E-state index in [4.69, 9.17) is 0 Å². The molecule has 1 N–H and O–H groups in total. The van der Waals surface area contributed by atoms with Gasteiger partial charge in [-0.2, -0.15) is 0 Å². The van der Waals surface area contributed by atoms with Crippen molar-refractivity contribution in [3.8, 4) is 10.6 Å². The van der Waals surface area contributed by atoms with Gasteiger partial charge >= 0.3 is 0 Å². The predicted molar refractivity (Wildman–Crippen MR) is 92.2 cm³/mol. The Kier molecular flexibility index (Phi) is 4.31. The standard InChI is InChI=1S/C16H12BrN3OS/c1-10-3-2-4-12(9-10)15-19-20-16(22-15)18-14(21)11-5-7-13(17)8-6-11/h2-9H,1H3,(H,18,20,21). The second-order valence-corrected chi connectivity index (χ2v) is 6.64. The lowest BCUT2D eigenvalue weighted by atomic mass is 10.1. The maximum Gasteiger partial charge on any atom is 0.257 e. The van der Waals surface area contributed by atoms with Gasteiger partial charge in [-0.15, -0.1) is 10.2 Å². The first kappa shape index (κ1) is 14.9. The molecule has 0 aliphatic heterocycles. The largest absolute Gasteiger partial charge is 0.296 e. The topological polar surface area (TPSA) is 54.9 Å². The number of carbonyl (C=O) groups is 1. The Balaban J connectivity index is 1.77. The van der Waals surface area contributed by atoms with Crippen LogP contribution in [0.25, 0.3) is 10.6 Å². The Labute approximate surface area is 140 Å².